The summed E-state index contributed by atoms with van der Waals surface area (Å²) in [6.07, 6.45) is 0. The van der Waals surface area contributed by atoms with E-state index in [2.05, 4.69) is 0 Å². The molecule has 0 unspecified atom stereocenters. The van der Waals surface area contributed by atoms with Gasteiger partial charge in [0.05, 0.1) is 0 Å². The Labute approximate surface area is 118 Å². The summed E-state index contributed by atoms with van der Waals surface area (Å²) in [5, 5.41) is 0. The lowest BCUT2D eigenvalue weighted by Crippen LogP contribution is -2.39. The van der Waals surface area contributed by atoms with Gasteiger partial charge in [-0.05, 0) is 12.1 Å². The third kappa shape index (κ3) is 2.03. The third-order valence-corrected chi connectivity index (χ3v) is 2.95. The van der Waals surface area contributed by atoms with E-state index in [0.29, 0.717) is 5.56 Å². The van der Waals surface area contributed by atoms with Crippen LogP contribution in [0.2, 0.25) is 0 Å². The van der Waals surface area contributed by atoms with E-state index in [1.165, 1.54) is 13.9 Å². The Bertz CT molecular complexity index is 841. The van der Waals surface area contributed by atoms with E-state index in [0.717, 1.165) is 0 Å². The first-order valence-electron chi connectivity index (χ1n) is 5.96. The van der Waals surface area contributed by atoms with E-state index in [1.807, 2.05) is 0 Å². The molecule has 0 radical (unpaired) electrons. The van der Waals surface area contributed by atoms with Gasteiger partial charge in [0.2, 0.25) is 11.5 Å². The Kier molecular flexibility index (Phi) is 2.90. The molecule has 21 heavy (non-hydrogen) atoms. The highest BCUT2D eigenvalue weighted by Gasteiger charge is 2.43. The molecule has 3 rings (SSSR count). The van der Waals surface area contributed by atoms with Crippen LogP contribution in [-0.2, 0) is 0 Å². The molecule has 0 fully saturated rings. The summed E-state index contributed by atoms with van der Waals surface area (Å²) in [7, 11) is -0.0285. The molecule has 0 N–H and O–H groups in total. The molecule has 0 saturated heterocycles. The van der Waals surface area contributed by atoms with Gasteiger partial charge < -0.3 is 18.8 Å². The first-order valence-corrected chi connectivity index (χ1v) is 5.96. The molecule has 2 aromatic rings. The molecule has 1 aliphatic rings. The molecular weight excluding hydrogens is 278 g/mol. The molecule has 102 valence electrons. The summed E-state index contributed by atoms with van der Waals surface area (Å²) in [5.74, 6) is -0.715. The summed E-state index contributed by atoms with van der Waals surface area (Å²) in [6, 6.07) is 6.36. The molecule has 0 spiro atoms. The number of fused-ring (bicyclic) bond motifs is 1. The molecule has 9 heteroatoms. The lowest BCUT2D eigenvalue weighted by Gasteiger charge is -2.10. The van der Waals surface area contributed by atoms with Crippen molar-refractivity contribution in [2.24, 2.45) is 0 Å². The number of hydrogen-bond donors (Lipinski definition) is 0. The molecule has 1 aliphatic heterocycles. The van der Waals surface area contributed by atoms with Crippen molar-refractivity contribution in [3.05, 3.63) is 60.5 Å². The van der Waals surface area contributed by atoms with Gasteiger partial charge in [0, 0.05) is 5.56 Å². The summed E-state index contributed by atoms with van der Waals surface area (Å²) < 4.78 is 15.3. The van der Waals surface area contributed by atoms with Crippen molar-refractivity contribution in [3.8, 4) is 17.2 Å². The van der Waals surface area contributed by atoms with Crippen LogP contribution in [0.25, 0.3) is 0 Å². The van der Waals surface area contributed by atoms with Crippen molar-refractivity contribution in [1.29, 1.82) is 0 Å². The number of para-hydroxylation sites is 1. The van der Waals surface area contributed by atoms with Crippen LogP contribution in [0.3, 0.4) is 0 Å². The number of rotatable bonds is 3. The molecular formula is C12H6B2O7. The summed E-state index contributed by atoms with van der Waals surface area (Å²) in [5.41, 5.74) is -3.23. The number of carbonyl (C=O) groups is 1. The van der Waals surface area contributed by atoms with E-state index >= 15 is 0 Å². The lowest BCUT2D eigenvalue weighted by molar-refractivity contribution is 0.107. The summed E-state index contributed by atoms with van der Waals surface area (Å²) >= 11 is 0. The van der Waals surface area contributed by atoms with Gasteiger partial charge in [-0.2, -0.15) is 0 Å². The largest absolute Gasteiger partial charge is 0.864 e. The Balaban J connectivity index is 1.89. The Morgan fingerprint density at radius 2 is 1.57 bits per heavy atom. The van der Waals surface area contributed by atoms with Crippen LogP contribution < -0.4 is 30.2 Å². The van der Waals surface area contributed by atoms with Gasteiger partial charge in [-0.1, -0.05) is 12.1 Å². The summed E-state index contributed by atoms with van der Waals surface area (Å²) in [6.45, 7) is 0. The first-order chi connectivity index (χ1) is 9.99. The fourth-order valence-corrected chi connectivity index (χ4v) is 1.96. The second-order valence-corrected chi connectivity index (χ2v) is 4.34. The predicted molar refractivity (Wildman–Crippen MR) is 74.6 cm³/mol. The third-order valence-electron chi connectivity index (χ3n) is 2.95. The zero-order valence-corrected chi connectivity index (χ0v) is 10.7. The zero-order valence-electron chi connectivity index (χ0n) is 10.7. The minimum atomic E-state index is -1.39. The van der Waals surface area contributed by atoms with Gasteiger partial charge in [0.25, 0.3) is 16.3 Å². The number of carbonyl (C=O) groups excluding carboxylic acids is 1. The maximum atomic E-state index is 11.5. The average molecular weight is 284 g/mol. The Morgan fingerprint density at radius 1 is 1.00 bits per heavy atom. The van der Waals surface area contributed by atoms with Crippen LogP contribution in [0.4, 0.5) is 0 Å². The van der Waals surface area contributed by atoms with Crippen molar-refractivity contribution in [2.75, 3.05) is 0 Å². The van der Waals surface area contributed by atoms with Crippen LogP contribution in [0, 0.1) is 0 Å². The van der Waals surface area contributed by atoms with Crippen LogP contribution in [0.5, 0.6) is 17.2 Å². The molecule has 0 aliphatic carbocycles. The maximum absolute atomic E-state index is 11.5. The average Bonchev–Trinajstić information content (AvgIpc) is 2.96. The van der Waals surface area contributed by atoms with Crippen LogP contribution in [-0.4, -0.2) is 20.9 Å². The second-order valence-electron chi connectivity index (χ2n) is 4.34. The monoisotopic (exact) mass is 284 g/mol. The maximum Gasteiger partial charge on any atom is 0.864 e. The number of benzene rings is 1. The van der Waals surface area contributed by atoms with Gasteiger partial charge >= 0.3 is 7.32 Å². The van der Waals surface area contributed by atoms with Crippen molar-refractivity contribution in [2.45, 2.75) is 0 Å². The van der Waals surface area contributed by atoms with Crippen LogP contribution in [0.15, 0.2) is 38.6 Å². The SMILES string of the molecule is BC(=O)c1ccccc1OB1Oc2c(c(=O)c(=O)c2=O)O1. The summed E-state index contributed by atoms with van der Waals surface area (Å²) in [4.78, 5) is 45.5. The highest BCUT2D eigenvalue weighted by molar-refractivity contribution is 6.62. The molecule has 0 saturated carbocycles. The van der Waals surface area contributed by atoms with Crippen molar-refractivity contribution in [3.63, 3.8) is 0 Å². The minimum absolute atomic E-state index is 0.183. The Morgan fingerprint density at radius 3 is 2.14 bits per heavy atom. The fraction of sp³-hybridized carbons (Fsp3) is 0. The molecule has 0 amide bonds. The molecule has 0 aromatic heterocycles. The van der Waals surface area contributed by atoms with Gasteiger partial charge in [-0.3, -0.25) is 14.4 Å². The van der Waals surface area contributed by atoms with Gasteiger partial charge in [0.1, 0.15) is 11.4 Å². The minimum Gasteiger partial charge on any atom is -0.489 e. The zero-order chi connectivity index (χ0) is 15.1. The molecule has 7 nitrogen and oxygen atoms in total. The topological polar surface area (TPSA) is 96.0 Å². The lowest BCUT2D eigenvalue weighted by atomic mass is 9.94. The van der Waals surface area contributed by atoms with E-state index < -0.39 is 35.1 Å². The van der Waals surface area contributed by atoms with Gasteiger partial charge in [0.15, 0.2) is 7.85 Å². The molecule has 2 aromatic carbocycles. The fourth-order valence-electron chi connectivity index (χ4n) is 1.96. The molecule has 1 heterocycles. The van der Waals surface area contributed by atoms with E-state index in [1.54, 1.807) is 18.2 Å². The molecule has 0 atom stereocenters. The second kappa shape index (κ2) is 4.62. The Hall–Kier alpha value is -2.83. The molecule has 0 bridgehead atoms. The van der Waals surface area contributed by atoms with E-state index in [9.17, 15) is 19.2 Å². The number of hydrogen-bond acceptors (Lipinski definition) is 7. The van der Waals surface area contributed by atoms with Crippen molar-refractivity contribution < 1.29 is 18.8 Å². The van der Waals surface area contributed by atoms with Crippen molar-refractivity contribution >= 4 is 20.9 Å². The quantitative estimate of drug-likeness (QED) is 0.487. The van der Waals surface area contributed by atoms with E-state index in [4.69, 9.17) is 14.0 Å². The van der Waals surface area contributed by atoms with Crippen molar-refractivity contribution in [1.82, 2.24) is 0 Å². The van der Waals surface area contributed by atoms with Crippen LogP contribution >= 0.6 is 0 Å². The first kappa shape index (κ1) is 13.2. The van der Waals surface area contributed by atoms with Gasteiger partial charge in [-0.15, -0.1) is 0 Å². The highest BCUT2D eigenvalue weighted by atomic mass is 16.8. The normalized spacial score (nSPS) is 12.5. The van der Waals surface area contributed by atoms with E-state index in [-0.39, 0.29) is 11.4 Å². The standard InChI is InChI=1S/C12H6B2O7/c13-12(18)5-3-1-2-4-6(5)19-14-20-10-8(16)7(15)9(17)11(10)21-14/h1-4H,13H2. The van der Waals surface area contributed by atoms with Gasteiger partial charge in [-0.25, -0.2) is 0 Å². The highest BCUT2D eigenvalue weighted by Crippen LogP contribution is 2.27. The van der Waals surface area contributed by atoms with Crippen LogP contribution in [0.1, 0.15) is 10.4 Å². The predicted octanol–water partition coefficient (Wildman–Crippen LogP) is -1.75. The smallest absolute Gasteiger partial charge is 0.489 e.